The fraction of sp³-hybridized carbons (Fsp3) is 0.440. The first-order valence-electron chi connectivity index (χ1n) is 11.6. The molecule has 3 aromatic heterocycles. The molecule has 1 saturated heterocycles. The maximum Gasteiger partial charge on any atom is 0.417 e. The molecule has 0 bridgehead atoms. The Morgan fingerprint density at radius 2 is 1.80 bits per heavy atom. The van der Waals surface area contributed by atoms with Crippen LogP contribution in [0.1, 0.15) is 64.5 Å². The molecule has 1 aliphatic heterocycles. The van der Waals surface area contributed by atoms with Gasteiger partial charge in [-0.2, -0.15) is 18.3 Å². The first-order chi connectivity index (χ1) is 16.7. The summed E-state index contributed by atoms with van der Waals surface area (Å²) in [5.41, 5.74) is 1.86. The second kappa shape index (κ2) is 9.16. The van der Waals surface area contributed by atoms with E-state index in [1.54, 1.807) is 13.1 Å². The summed E-state index contributed by atoms with van der Waals surface area (Å²) in [6, 6.07) is 6.07. The third kappa shape index (κ3) is 4.85. The van der Waals surface area contributed by atoms with Gasteiger partial charge in [-0.15, -0.1) is 0 Å². The highest BCUT2D eigenvalue weighted by Gasteiger charge is 2.40. The third-order valence-electron chi connectivity index (χ3n) is 6.79. The molecule has 3 aromatic rings. The number of hydrogen-bond acceptors (Lipinski definition) is 6. The Morgan fingerprint density at radius 1 is 1.06 bits per heavy atom. The number of carbonyl (C=O) groups is 1. The van der Waals surface area contributed by atoms with E-state index in [0.717, 1.165) is 49.2 Å². The van der Waals surface area contributed by atoms with Gasteiger partial charge in [0.1, 0.15) is 0 Å². The summed E-state index contributed by atoms with van der Waals surface area (Å²) in [5.74, 6) is 0.00426. The Hall–Kier alpha value is -3.11. The van der Waals surface area contributed by atoms with Crippen molar-refractivity contribution in [2.45, 2.75) is 56.9 Å². The van der Waals surface area contributed by atoms with Crippen LogP contribution in [0.5, 0.6) is 0 Å². The summed E-state index contributed by atoms with van der Waals surface area (Å²) in [6.07, 6.45) is 3.20. The molecular weight excluding hydrogens is 461 g/mol. The van der Waals surface area contributed by atoms with Crippen molar-refractivity contribution in [3.8, 4) is 5.82 Å². The highest BCUT2D eigenvalue weighted by molar-refractivity contribution is 5.98. The van der Waals surface area contributed by atoms with E-state index < -0.39 is 17.5 Å². The summed E-state index contributed by atoms with van der Waals surface area (Å²) in [6.45, 7) is 3.00. The molecule has 0 atom stereocenters. The van der Waals surface area contributed by atoms with Gasteiger partial charge in [-0.05, 0) is 43.5 Å². The van der Waals surface area contributed by atoms with Crippen LogP contribution >= 0.6 is 0 Å². The molecule has 0 aromatic carbocycles. The first-order valence-corrected chi connectivity index (χ1v) is 11.6. The maximum absolute atomic E-state index is 12.9. The monoisotopic (exact) mass is 486 g/mol. The Kier molecular flexibility index (Phi) is 6.18. The van der Waals surface area contributed by atoms with Crippen LogP contribution in [-0.2, 0) is 22.1 Å². The number of carbonyl (C=O) groups excluding carboxylic acids is 1. The Balaban J connectivity index is 1.23. The van der Waals surface area contributed by atoms with Gasteiger partial charge in [-0.25, -0.2) is 9.67 Å². The Labute approximate surface area is 200 Å². The Bertz CT molecular complexity index is 1190. The lowest BCUT2D eigenvalue weighted by Gasteiger charge is -2.35. The van der Waals surface area contributed by atoms with Gasteiger partial charge in [0.25, 0.3) is 0 Å². The van der Waals surface area contributed by atoms with Gasteiger partial charge < -0.3 is 9.47 Å². The molecule has 1 aliphatic carbocycles. The number of alkyl halides is 3. The van der Waals surface area contributed by atoms with E-state index in [4.69, 9.17) is 9.47 Å². The number of ether oxygens (including phenoxy) is 2. The molecule has 2 fully saturated rings. The number of hydrogen-bond donors (Lipinski definition) is 0. The topological polar surface area (TPSA) is 79.1 Å². The average Bonchev–Trinajstić information content (AvgIpc) is 3.46. The van der Waals surface area contributed by atoms with E-state index in [1.165, 1.54) is 16.9 Å². The van der Waals surface area contributed by atoms with Gasteiger partial charge in [0, 0.05) is 43.3 Å². The molecule has 0 radical (unpaired) electrons. The molecular formula is C25H25F3N4O3. The number of ketones is 1. The van der Waals surface area contributed by atoms with Crippen LogP contribution in [0.15, 0.2) is 42.9 Å². The molecule has 184 valence electrons. The van der Waals surface area contributed by atoms with E-state index in [1.807, 2.05) is 12.1 Å². The minimum atomic E-state index is -4.46. The number of nitrogens with zero attached hydrogens (tertiary/aromatic N) is 4. The zero-order chi connectivity index (χ0) is 24.6. The van der Waals surface area contributed by atoms with Gasteiger partial charge in [0.2, 0.25) is 0 Å². The van der Waals surface area contributed by atoms with E-state index >= 15 is 0 Å². The number of Topliss-reactive ketones (excluding diaryl/α,β-unsaturated/α-hetero) is 1. The van der Waals surface area contributed by atoms with Crippen molar-refractivity contribution in [3.63, 3.8) is 0 Å². The van der Waals surface area contributed by atoms with Crippen molar-refractivity contribution < 1.29 is 27.4 Å². The Morgan fingerprint density at radius 3 is 2.40 bits per heavy atom. The van der Waals surface area contributed by atoms with Crippen molar-refractivity contribution in [1.82, 2.24) is 19.7 Å². The van der Waals surface area contributed by atoms with E-state index in [-0.39, 0.29) is 18.0 Å². The van der Waals surface area contributed by atoms with Crippen LogP contribution in [-0.4, -0.2) is 44.5 Å². The molecule has 0 N–H and O–H groups in total. The number of halogens is 3. The zero-order valence-electron chi connectivity index (χ0n) is 19.2. The average molecular weight is 486 g/mol. The number of aromatic nitrogens is 4. The summed E-state index contributed by atoms with van der Waals surface area (Å²) in [4.78, 5) is 21.4. The van der Waals surface area contributed by atoms with Crippen molar-refractivity contribution in [2.24, 2.45) is 0 Å². The van der Waals surface area contributed by atoms with Gasteiger partial charge in [-0.1, -0.05) is 6.07 Å². The van der Waals surface area contributed by atoms with Crippen LogP contribution < -0.4 is 0 Å². The summed E-state index contributed by atoms with van der Waals surface area (Å²) in [5, 5.41) is 4.16. The smallest absolute Gasteiger partial charge is 0.348 e. The van der Waals surface area contributed by atoms with Crippen molar-refractivity contribution in [1.29, 1.82) is 0 Å². The van der Waals surface area contributed by atoms with Crippen molar-refractivity contribution in [2.75, 3.05) is 13.2 Å². The molecule has 5 rings (SSSR count). The standard InChI is InChI=1S/C25H25F3N4O3/c1-16-20(15-31-32(16)23-5-3-19(14-30-23)25(26,27)28)22(33)12-17-2-4-21(29-13-17)18-6-8-24(9-7-18)34-10-11-35-24/h2-5,13-15,18H,6-12H2,1H3. The van der Waals surface area contributed by atoms with Crippen molar-refractivity contribution >= 4 is 5.78 Å². The fourth-order valence-electron chi connectivity index (χ4n) is 4.80. The van der Waals surface area contributed by atoms with E-state index in [2.05, 4.69) is 15.1 Å². The first kappa shape index (κ1) is 23.6. The normalized spacial score (nSPS) is 18.3. The molecule has 4 heterocycles. The van der Waals surface area contributed by atoms with Crippen molar-refractivity contribution in [3.05, 3.63) is 70.9 Å². The summed E-state index contributed by atoms with van der Waals surface area (Å²) < 4.78 is 51.3. The van der Waals surface area contributed by atoms with Crippen LogP contribution in [0.4, 0.5) is 13.2 Å². The second-order valence-corrected chi connectivity index (χ2v) is 9.03. The SMILES string of the molecule is Cc1c(C(=O)Cc2ccc(C3CCC4(CC3)OCCO4)nc2)cnn1-c1ccc(C(F)(F)F)cn1. The predicted octanol–water partition coefficient (Wildman–Crippen LogP) is 4.82. The predicted molar refractivity (Wildman–Crippen MR) is 119 cm³/mol. The van der Waals surface area contributed by atoms with Crippen LogP contribution in [0, 0.1) is 6.92 Å². The van der Waals surface area contributed by atoms with Crippen LogP contribution in [0.25, 0.3) is 5.82 Å². The van der Waals surface area contributed by atoms with Crippen LogP contribution in [0.3, 0.4) is 0 Å². The lowest BCUT2D eigenvalue weighted by atomic mass is 9.83. The summed E-state index contributed by atoms with van der Waals surface area (Å²) in [7, 11) is 0. The van der Waals surface area contributed by atoms with Gasteiger partial charge in [-0.3, -0.25) is 9.78 Å². The molecule has 0 unspecified atom stereocenters. The lowest BCUT2D eigenvalue weighted by Crippen LogP contribution is -2.34. The van der Waals surface area contributed by atoms with E-state index in [0.29, 0.717) is 30.4 Å². The summed E-state index contributed by atoms with van der Waals surface area (Å²) >= 11 is 0. The molecule has 1 spiro atoms. The third-order valence-corrected chi connectivity index (χ3v) is 6.79. The zero-order valence-corrected chi connectivity index (χ0v) is 19.2. The molecule has 0 amide bonds. The highest BCUT2D eigenvalue weighted by Crippen LogP contribution is 2.41. The van der Waals surface area contributed by atoms with Crippen LogP contribution in [0.2, 0.25) is 0 Å². The minimum absolute atomic E-state index is 0.148. The second-order valence-electron chi connectivity index (χ2n) is 9.03. The maximum atomic E-state index is 12.9. The largest absolute Gasteiger partial charge is 0.417 e. The number of pyridine rings is 2. The van der Waals surface area contributed by atoms with Gasteiger partial charge >= 0.3 is 6.18 Å². The lowest BCUT2D eigenvalue weighted by molar-refractivity contribution is -0.178. The highest BCUT2D eigenvalue weighted by atomic mass is 19.4. The minimum Gasteiger partial charge on any atom is -0.348 e. The fourth-order valence-corrected chi connectivity index (χ4v) is 4.80. The quantitative estimate of drug-likeness (QED) is 0.482. The molecule has 7 nitrogen and oxygen atoms in total. The molecule has 35 heavy (non-hydrogen) atoms. The number of rotatable bonds is 5. The van der Waals surface area contributed by atoms with Gasteiger partial charge in [0.15, 0.2) is 17.4 Å². The molecule has 1 saturated carbocycles. The van der Waals surface area contributed by atoms with E-state index in [9.17, 15) is 18.0 Å². The molecule has 2 aliphatic rings. The molecule has 10 heteroatoms. The van der Waals surface area contributed by atoms with Gasteiger partial charge in [0.05, 0.1) is 36.2 Å².